The lowest BCUT2D eigenvalue weighted by molar-refractivity contribution is 0.580. The summed E-state index contributed by atoms with van der Waals surface area (Å²) in [6, 6.07) is 4.77. The molecule has 21 heavy (non-hydrogen) atoms. The fraction of sp³-hybridized carbons (Fsp3) is 0.308. The molecule has 0 radical (unpaired) electrons. The van der Waals surface area contributed by atoms with E-state index in [1.807, 2.05) is 6.92 Å². The van der Waals surface area contributed by atoms with E-state index in [2.05, 4.69) is 25.0 Å². The normalized spacial score (nSPS) is 11.3. The van der Waals surface area contributed by atoms with Gasteiger partial charge < -0.3 is 5.32 Å². The van der Waals surface area contributed by atoms with Crippen LogP contribution < -0.4 is 10.0 Å². The van der Waals surface area contributed by atoms with Crippen molar-refractivity contribution >= 4 is 15.8 Å². The zero-order valence-electron chi connectivity index (χ0n) is 11.7. The van der Waals surface area contributed by atoms with Crippen molar-refractivity contribution in [2.24, 2.45) is 0 Å². The standard InChI is InChI=1S/C13H17N5O2S/c1-2-6-15-13-12(4-3-7-16-13)21(19,20)18-9-11-5-8-14-10-17-11/h3-5,7-8,10,18H,2,6,9H2,1H3,(H,15,16). The van der Waals surface area contributed by atoms with E-state index in [9.17, 15) is 8.42 Å². The Hall–Kier alpha value is -2.06. The summed E-state index contributed by atoms with van der Waals surface area (Å²) in [4.78, 5) is 12.0. The molecule has 2 N–H and O–H groups in total. The Morgan fingerprint density at radius 2 is 2.05 bits per heavy atom. The van der Waals surface area contributed by atoms with Gasteiger partial charge in [-0.25, -0.2) is 28.1 Å². The fourth-order valence-corrected chi connectivity index (χ4v) is 2.78. The summed E-state index contributed by atoms with van der Waals surface area (Å²) in [5, 5.41) is 3.01. The number of anilines is 1. The van der Waals surface area contributed by atoms with Crippen molar-refractivity contribution < 1.29 is 8.42 Å². The van der Waals surface area contributed by atoms with Gasteiger partial charge in [0, 0.05) is 18.9 Å². The summed E-state index contributed by atoms with van der Waals surface area (Å²) in [7, 11) is -3.65. The zero-order chi connectivity index (χ0) is 15.1. The van der Waals surface area contributed by atoms with E-state index in [0.29, 0.717) is 18.1 Å². The van der Waals surface area contributed by atoms with Crippen molar-refractivity contribution in [2.45, 2.75) is 24.8 Å². The molecule has 0 fully saturated rings. The molecule has 0 atom stereocenters. The van der Waals surface area contributed by atoms with Crippen LogP contribution in [0.25, 0.3) is 0 Å². The molecule has 2 heterocycles. The molecule has 7 nitrogen and oxygen atoms in total. The first kappa shape index (κ1) is 15.3. The number of nitrogens with zero attached hydrogens (tertiary/aromatic N) is 3. The summed E-state index contributed by atoms with van der Waals surface area (Å²) in [5.74, 6) is 0.356. The molecule has 8 heteroatoms. The first-order valence-corrected chi connectivity index (χ1v) is 8.05. The molecular formula is C13H17N5O2S. The zero-order valence-corrected chi connectivity index (χ0v) is 12.5. The number of rotatable bonds is 7. The van der Waals surface area contributed by atoms with E-state index in [1.165, 1.54) is 12.4 Å². The summed E-state index contributed by atoms with van der Waals surface area (Å²) in [6.45, 7) is 2.76. The molecule has 0 saturated carbocycles. The van der Waals surface area contributed by atoms with E-state index < -0.39 is 10.0 Å². The number of aromatic nitrogens is 3. The van der Waals surface area contributed by atoms with Crippen molar-refractivity contribution in [1.29, 1.82) is 0 Å². The number of pyridine rings is 1. The minimum Gasteiger partial charge on any atom is -0.369 e. The van der Waals surface area contributed by atoms with E-state index in [4.69, 9.17) is 0 Å². The highest BCUT2D eigenvalue weighted by atomic mass is 32.2. The molecule has 0 spiro atoms. The summed E-state index contributed by atoms with van der Waals surface area (Å²) >= 11 is 0. The highest BCUT2D eigenvalue weighted by Gasteiger charge is 2.18. The fourth-order valence-electron chi connectivity index (χ4n) is 1.65. The van der Waals surface area contributed by atoms with Gasteiger partial charge in [0.25, 0.3) is 0 Å². The highest BCUT2D eigenvalue weighted by molar-refractivity contribution is 7.89. The van der Waals surface area contributed by atoms with Gasteiger partial charge in [0.15, 0.2) is 0 Å². The minimum absolute atomic E-state index is 0.104. The van der Waals surface area contributed by atoms with Crippen LogP contribution in [0, 0.1) is 0 Å². The van der Waals surface area contributed by atoms with Crippen LogP contribution in [0.5, 0.6) is 0 Å². The summed E-state index contributed by atoms with van der Waals surface area (Å²) < 4.78 is 27.2. The van der Waals surface area contributed by atoms with Crippen molar-refractivity contribution in [3.8, 4) is 0 Å². The lowest BCUT2D eigenvalue weighted by atomic mass is 10.4. The van der Waals surface area contributed by atoms with Crippen LogP contribution in [0.15, 0.2) is 41.8 Å². The van der Waals surface area contributed by atoms with Crippen LogP contribution in [0.4, 0.5) is 5.82 Å². The number of hydrogen-bond acceptors (Lipinski definition) is 6. The predicted octanol–water partition coefficient (Wildman–Crippen LogP) is 1.17. The van der Waals surface area contributed by atoms with Crippen LogP contribution in [-0.2, 0) is 16.6 Å². The average Bonchev–Trinajstić information content (AvgIpc) is 2.52. The van der Waals surface area contributed by atoms with Crippen molar-refractivity contribution in [3.63, 3.8) is 0 Å². The SMILES string of the molecule is CCCNc1ncccc1S(=O)(=O)NCc1ccncn1. The third kappa shape index (κ3) is 4.20. The monoisotopic (exact) mass is 307 g/mol. The maximum atomic E-state index is 12.4. The van der Waals surface area contributed by atoms with Crippen LogP contribution in [0.3, 0.4) is 0 Å². The molecule has 0 aliphatic rings. The first-order valence-electron chi connectivity index (χ1n) is 6.57. The predicted molar refractivity (Wildman–Crippen MR) is 79.1 cm³/mol. The van der Waals surface area contributed by atoms with Gasteiger partial charge in [-0.1, -0.05) is 6.92 Å². The van der Waals surface area contributed by atoms with Gasteiger partial charge in [0.1, 0.15) is 17.0 Å². The molecule has 0 amide bonds. The third-order valence-electron chi connectivity index (χ3n) is 2.69. The van der Waals surface area contributed by atoms with Crippen molar-refractivity contribution in [2.75, 3.05) is 11.9 Å². The Morgan fingerprint density at radius 1 is 1.19 bits per heavy atom. The van der Waals surface area contributed by atoms with Gasteiger partial charge in [-0.15, -0.1) is 0 Å². The molecule has 0 aliphatic carbocycles. The second kappa shape index (κ2) is 7.09. The molecule has 0 saturated heterocycles. The lowest BCUT2D eigenvalue weighted by Gasteiger charge is -2.11. The smallest absolute Gasteiger partial charge is 0.244 e. The van der Waals surface area contributed by atoms with E-state index in [-0.39, 0.29) is 11.4 Å². The van der Waals surface area contributed by atoms with Crippen LogP contribution in [0.1, 0.15) is 19.0 Å². The average molecular weight is 307 g/mol. The van der Waals surface area contributed by atoms with Crippen LogP contribution >= 0.6 is 0 Å². The largest absolute Gasteiger partial charge is 0.369 e. The Morgan fingerprint density at radius 3 is 2.76 bits per heavy atom. The van der Waals surface area contributed by atoms with Crippen LogP contribution in [0.2, 0.25) is 0 Å². The van der Waals surface area contributed by atoms with E-state index >= 15 is 0 Å². The maximum Gasteiger partial charge on any atom is 0.244 e. The lowest BCUT2D eigenvalue weighted by Crippen LogP contribution is -2.25. The Labute approximate surface area is 123 Å². The quantitative estimate of drug-likeness (QED) is 0.797. The topological polar surface area (TPSA) is 96.9 Å². The van der Waals surface area contributed by atoms with Gasteiger partial charge in [0.05, 0.1) is 12.2 Å². The second-order valence-corrected chi connectivity index (χ2v) is 6.04. The molecule has 112 valence electrons. The molecule has 0 aromatic carbocycles. The Balaban J connectivity index is 2.15. The molecule has 2 rings (SSSR count). The first-order chi connectivity index (χ1) is 10.1. The van der Waals surface area contributed by atoms with Crippen molar-refractivity contribution in [3.05, 3.63) is 42.6 Å². The second-order valence-electron chi connectivity index (χ2n) is 4.30. The number of hydrogen-bond donors (Lipinski definition) is 2. The summed E-state index contributed by atoms with van der Waals surface area (Å²) in [6.07, 6.45) is 5.38. The van der Waals surface area contributed by atoms with Gasteiger partial charge in [0.2, 0.25) is 10.0 Å². The van der Waals surface area contributed by atoms with Gasteiger partial charge >= 0.3 is 0 Å². The van der Waals surface area contributed by atoms with E-state index in [0.717, 1.165) is 6.42 Å². The molecule has 0 unspecified atom stereocenters. The number of sulfonamides is 1. The Kier molecular flexibility index (Phi) is 5.18. The highest BCUT2D eigenvalue weighted by Crippen LogP contribution is 2.17. The van der Waals surface area contributed by atoms with Gasteiger partial charge in [-0.2, -0.15) is 0 Å². The minimum atomic E-state index is -3.65. The molecule has 2 aromatic rings. The van der Waals surface area contributed by atoms with Gasteiger partial charge in [-0.3, -0.25) is 0 Å². The summed E-state index contributed by atoms with van der Waals surface area (Å²) in [5.41, 5.74) is 0.598. The van der Waals surface area contributed by atoms with E-state index in [1.54, 1.807) is 24.5 Å². The molecule has 0 bridgehead atoms. The number of nitrogens with one attached hydrogen (secondary N) is 2. The molecule has 0 aliphatic heterocycles. The molecule has 2 aromatic heterocycles. The van der Waals surface area contributed by atoms with Crippen molar-refractivity contribution in [1.82, 2.24) is 19.7 Å². The van der Waals surface area contributed by atoms with Crippen LogP contribution in [-0.4, -0.2) is 29.9 Å². The Bertz CT molecular complexity index is 676. The van der Waals surface area contributed by atoms with Gasteiger partial charge in [-0.05, 0) is 24.6 Å². The molecular weight excluding hydrogens is 290 g/mol. The maximum absolute atomic E-state index is 12.4. The third-order valence-corrected chi connectivity index (χ3v) is 4.12.